The summed E-state index contributed by atoms with van der Waals surface area (Å²) >= 11 is 0. The molecule has 0 aliphatic heterocycles. The van der Waals surface area contributed by atoms with E-state index in [-0.39, 0.29) is 5.56 Å². The standard InChI is InChI=1S/C14H18FNO2/c1-9-3-4-10(7-9)16-11-5-6-13(15)12(8-11)14(17)18-2/h5-6,8-10,16H,3-4,7H2,1-2H3. The van der Waals surface area contributed by atoms with Crippen LogP contribution in [0.1, 0.15) is 36.5 Å². The van der Waals surface area contributed by atoms with E-state index >= 15 is 0 Å². The number of carbonyl (C=O) groups is 1. The molecule has 0 amide bonds. The van der Waals surface area contributed by atoms with Gasteiger partial charge in [-0.05, 0) is 43.4 Å². The lowest BCUT2D eigenvalue weighted by atomic mass is 10.1. The van der Waals surface area contributed by atoms with Gasteiger partial charge in [-0.25, -0.2) is 9.18 Å². The van der Waals surface area contributed by atoms with E-state index in [1.54, 1.807) is 6.07 Å². The molecule has 98 valence electrons. The molecule has 2 unspecified atom stereocenters. The molecule has 0 aromatic heterocycles. The highest BCUT2D eigenvalue weighted by molar-refractivity contribution is 5.90. The number of halogens is 1. The molecule has 1 fully saturated rings. The Morgan fingerprint density at radius 3 is 2.83 bits per heavy atom. The van der Waals surface area contributed by atoms with Crippen LogP contribution in [-0.2, 0) is 4.74 Å². The zero-order valence-electron chi connectivity index (χ0n) is 10.7. The van der Waals surface area contributed by atoms with Crippen molar-refractivity contribution in [1.82, 2.24) is 0 Å². The summed E-state index contributed by atoms with van der Waals surface area (Å²) in [5.74, 6) is -0.467. The minimum atomic E-state index is -0.643. The number of nitrogens with one attached hydrogen (secondary N) is 1. The Morgan fingerprint density at radius 1 is 1.44 bits per heavy atom. The molecule has 1 saturated carbocycles. The molecule has 1 N–H and O–H groups in total. The minimum absolute atomic E-state index is 0.0199. The summed E-state index contributed by atoms with van der Waals surface area (Å²) in [4.78, 5) is 11.4. The van der Waals surface area contributed by atoms with E-state index in [9.17, 15) is 9.18 Å². The van der Waals surface area contributed by atoms with Gasteiger partial charge in [0.2, 0.25) is 0 Å². The second-order valence-corrected chi connectivity index (χ2v) is 4.95. The van der Waals surface area contributed by atoms with Crippen molar-refractivity contribution in [3.63, 3.8) is 0 Å². The minimum Gasteiger partial charge on any atom is -0.465 e. The van der Waals surface area contributed by atoms with Crippen LogP contribution in [0.3, 0.4) is 0 Å². The molecule has 0 bridgehead atoms. The normalized spacial score (nSPS) is 22.8. The molecule has 2 atom stereocenters. The van der Waals surface area contributed by atoms with Crippen LogP contribution in [0.2, 0.25) is 0 Å². The number of carbonyl (C=O) groups excluding carboxylic acids is 1. The van der Waals surface area contributed by atoms with E-state index in [1.165, 1.54) is 25.7 Å². The molecule has 1 aromatic carbocycles. The zero-order chi connectivity index (χ0) is 13.1. The highest BCUT2D eigenvalue weighted by atomic mass is 19.1. The molecule has 1 aliphatic rings. The summed E-state index contributed by atoms with van der Waals surface area (Å²) < 4.78 is 18.0. The molecule has 0 saturated heterocycles. The second kappa shape index (κ2) is 5.38. The molecule has 2 rings (SSSR count). The molecular formula is C14H18FNO2. The first-order valence-electron chi connectivity index (χ1n) is 6.24. The van der Waals surface area contributed by atoms with Gasteiger partial charge in [0.05, 0.1) is 12.7 Å². The molecule has 1 aliphatic carbocycles. The van der Waals surface area contributed by atoms with Gasteiger partial charge in [0, 0.05) is 11.7 Å². The molecule has 4 heteroatoms. The van der Waals surface area contributed by atoms with Gasteiger partial charge in [0.1, 0.15) is 5.82 Å². The first-order valence-corrected chi connectivity index (χ1v) is 6.24. The van der Waals surface area contributed by atoms with Gasteiger partial charge in [-0.3, -0.25) is 0 Å². The Hall–Kier alpha value is -1.58. The van der Waals surface area contributed by atoms with Crippen LogP contribution in [0.25, 0.3) is 0 Å². The van der Waals surface area contributed by atoms with E-state index in [0.29, 0.717) is 6.04 Å². The van der Waals surface area contributed by atoms with Crippen molar-refractivity contribution in [2.75, 3.05) is 12.4 Å². The number of anilines is 1. The summed E-state index contributed by atoms with van der Waals surface area (Å²) in [7, 11) is 1.25. The van der Waals surface area contributed by atoms with Gasteiger partial charge in [0.15, 0.2) is 0 Å². The van der Waals surface area contributed by atoms with Crippen LogP contribution in [-0.4, -0.2) is 19.1 Å². The lowest BCUT2D eigenvalue weighted by Gasteiger charge is -2.14. The predicted octanol–water partition coefficient (Wildman–Crippen LogP) is 3.21. The third-order valence-electron chi connectivity index (χ3n) is 3.44. The number of hydrogen-bond acceptors (Lipinski definition) is 3. The molecule has 0 radical (unpaired) electrons. The maximum atomic E-state index is 13.5. The quantitative estimate of drug-likeness (QED) is 0.838. The highest BCUT2D eigenvalue weighted by Crippen LogP contribution is 2.28. The van der Waals surface area contributed by atoms with Crippen LogP contribution in [0.15, 0.2) is 18.2 Å². The number of ether oxygens (including phenoxy) is 1. The Morgan fingerprint density at radius 2 is 2.22 bits per heavy atom. The largest absolute Gasteiger partial charge is 0.465 e. The van der Waals surface area contributed by atoms with Crippen molar-refractivity contribution in [3.8, 4) is 0 Å². The third-order valence-corrected chi connectivity index (χ3v) is 3.44. The van der Waals surface area contributed by atoms with E-state index in [0.717, 1.165) is 24.4 Å². The molecule has 0 spiro atoms. The number of hydrogen-bond donors (Lipinski definition) is 1. The summed E-state index contributed by atoms with van der Waals surface area (Å²) in [5, 5.41) is 3.34. The van der Waals surface area contributed by atoms with E-state index in [4.69, 9.17) is 0 Å². The average molecular weight is 251 g/mol. The fraction of sp³-hybridized carbons (Fsp3) is 0.500. The van der Waals surface area contributed by atoms with Crippen molar-refractivity contribution in [1.29, 1.82) is 0 Å². The lowest BCUT2D eigenvalue weighted by molar-refractivity contribution is 0.0595. The summed E-state index contributed by atoms with van der Waals surface area (Å²) in [6.07, 6.45) is 3.44. The maximum absolute atomic E-state index is 13.5. The topological polar surface area (TPSA) is 38.3 Å². The van der Waals surface area contributed by atoms with Crippen LogP contribution >= 0.6 is 0 Å². The van der Waals surface area contributed by atoms with Gasteiger partial charge < -0.3 is 10.1 Å². The van der Waals surface area contributed by atoms with Crippen molar-refractivity contribution in [3.05, 3.63) is 29.6 Å². The third kappa shape index (κ3) is 2.81. The van der Waals surface area contributed by atoms with Gasteiger partial charge in [0.25, 0.3) is 0 Å². The van der Waals surface area contributed by atoms with Crippen LogP contribution in [0.5, 0.6) is 0 Å². The molecule has 0 heterocycles. The lowest BCUT2D eigenvalue weighted by Crippen LogP contribution is -2.16. The molecule has 1 aromatic rings. The Balaban J connectivity index is 2.12. The summed E-state index contributed by atoms with van der Waals surface area (Å²) in [5.41, 5.74) is 0.754. The Labute approximate surface area is 106 Å². The van der Waals surface area contributed by atoms with E-state index in [2.05, 4.69) is 17.0 Å². The van der Waals surface area contributed by atoms with Crippen molar-refractivity contribution < 1.29 is 13.9 Å². The highest BCUT2D eigenvalue weighted by Gasteiger charge is 2.21. The smallest absolute Gasteiger partial charge is 0.340 e. The monoisotopic (exact) mass is 251 g/mol. The number of benzene rings is 1. The summed E-state index contributed by atoms with van der Waals surface area (Å²) in [6, 6.07) is 4.89. The van der Waals surface area contributed by atoms with Crippen molar-refractivity contribution in [2.45, 2.75) is 32.2 Å². The average Bonchev–Trinajstić information content (AvgIpc) is 2.76. The van der Waals surface area contributed by atoms with Gasteiger partial charge in [-0.2, -0.15) is 0 Å². The SMILES string of the molecule is COC(=O)c1cc(NC2CCC(C)C2)ccc1F. The molecular weight excluding hydrogens is 233 g/mol. The first-order chi connectivity index (χ1) is 8.60. The first kappa shape index (κ1) is 12.9. The Bertz CT molecular complexity index is 447. The van der Waals surface area contributed by atoms with E-state index in [1.807, 2.05) is 0 Å². The van der Waals surface area contributed by atoms with E-state index < -0.39 is 11.8 Å². The van der Waals surface area contributed by atoms with Crippen molar-refractivity contribution in [2.24, 2.45) is 5.92 Å². The molecule has 3 nitrogen and oxygen atoms in total. The number of esters is 1. The van der Waals surface area contributed by atoms with Gasteiger partial charge in [-0.15, -0.1) is 0 Å². The zero-order valence-corrected chi connectivity index (χ0v) is 10.7. The number of rotatable bonds is 3. The summed E-state index contributed by atoms with van der Waals surface area (Å²) in [6.45, 7) is 2.23. The molecule has 18 heavy (non-hydrogen) atoms. The van der Waals surface area contributed by atoms with Gasteiger partial charge in [-0.1, -0.05) is 6.92 Å². The second-order valence-electron chi connectivity index (χ2n) is 4.95. The van der Waals surface area contributed by atoms with Gasteiger partial charge >= 0.3 is 5.97 Å². The number of methoxy groups -OCH3 is 1. The van der Waals surface area contributed by atoms with Crippen LogP contribution in [0.4, 0.5) is 10.1 Å². The fourth-order valence-electron chi connectivity index (χ4n) is 2.46. The van der Waals surface area contributed by atoms with Crippen molar-refractivity contribution >= 4 is 11.7 Å². The van der Waals surface area contributed by atoms with Crippen LogP contribution in [0, 0.1) is 11.7 Å². The van der Waals surface area contributed by atoms with Crippen LogP contribution < -0.4 is 5.32 Å². The predicted molar refractivity (Wildman–Crippen MR) is 68.2 cm³/mol. The fourth-order valence-corrected chi connectivity index (χ4v) is 2.46. The Kier molecular flexibility index (Phi) is 3.84. The maximum Gasteiger partial charge on any atom is 0.340 e.